The maximum absolute atomic E-state index is 7.94. The van der Waals surface area contributed by atoms with E-state index in [-0.39, 0.29) is 6.42 Å². The highest BCUT2D eigenvalue weighted by Crippen LogP contribution is 1.95. The standard InChI is InChI=1S/C3H8O3.C2H6/c1-2-3(4,5)6;1-2/h4-6H,2H2,1H3;1-2H3. The van der Waals surface area contributed by atoms with Crippen LogP contribution in [0.2, 0.25) is 0 Å². The van der Waals surface area contributed by atoms with Gasteiger partial charge in [0, 0.05) is 6.42 Å². The predicted octanol–water partition coefficient (Wildman–Crippen LogP) is 0.0533. The maximum atomic E-state index is 7.94. The van der Waals surface area contributed by atoms with E-state index in [4.69, 9.17) is 15.3 Å². The van der Waals surface area contributed by atoms with Crippen molar-refractivity contribution < 1.29 is 15.3 Å². The van der Waals surface area contributed by atoms with Crippen LogP contribution in [0.4, 0.5) is 0 Å². The fourth-order valence-electron chi connectivity index (χ4n) is 0. The molecule has 0 radical (unpaired) electrons. The van der Waals surface area contributed by atoms with E-state index < -0.39 is 5.97 Å². The van der Waals surface area contributed by atoms with Crippen molar-refractivity contribution in [2.24, 2.45) is 0 Å². The van der Waals surface area contributed by atoms with E-state index >= 15 is 0 Å². The van der Waals surface area contributed by atoms with E-state index in [1.54, 1.807) is 0 Å². The zero-order valence-electron chi connectivity index (χ0n) is 5.55. The largest absolute Gasteiger partial charge is 0.344 e. The quantitative estimate of drug-likeness (QED) is 0.431. The van der Waals surface area contributed by atoms with Crippen LogP contribution in [0.25, 0.3) is 0 Å². The van der Waals surface area contributed by atoms with Gasteiger partial charge in [-0.2, -0.15) is 0 Å². The lowest BCUT2D eigenvalue weighted by Crippen LogP contribution is -2.24. The Bertz CT molecular complexity index is 37.4. The van der Waals surface area contributed by atoms with E-state index in [1.807, 2.05) is 13.8 Å². The van der Waals surface area contributed by atoms with Crippen LogP contribution in [0, 0.1) is 0 Å². The fourth-order valence-corrected chi connectivity index (χ4v) is 0. The molecule has 3 heteroatoms. The summed E-state index contributed by atoms with van der Waals surface area (Å²) in [4.78, 5) is 0. The highest BCUT2D eigenvalue weighted by Gasteiger charge is 2.11. The smallest absolute Gasteiger partial charge is 0.274 e. The van der Waals surface area contributed by atoms with Gasteiger partial charge in [-0.1, -0.05) is 20.8 Å². The van der Waals surface area contributed by atoms with Gasteiger partial charge in [0.15, 0.2) is 0 Å². The molecule has 0 saturated carbocycles. The third-order valence-corrected chi connectivity index (χ3v) is 0.474. The number of hydrogen-bond donors (Lipinski definition) is 3. The van der Waals surface area contributed by atoms with Crippen LogP contribution in [-0.4, -0.2) is 21.3 Å². The summed E-state index contributed by atoms with van der Waals surface area (Å²) in [6.07, 6.45) is -0.0625. The molecule has 0 aromatic carbocycles. The summed E-state index contributed by atoms with van der Waals surface area (Å²) in [5, 5.41) is 23.8. The monoisotopic (exact) mass is 122 g/mol. The van der Waals surface area contributed by atoms with Crippen molar-refractivity contribution in [2.45, 2.75) is 33.2 Å². The van der Waals surface area contributed by atoms with Crippen LogP contribution < -0.4 is 0 Å². The van der Waals surface area contributed by atoms with E-state index in [9.17, 15) is 0 Å². The van der Waals surface area contributed by atoms with Crippen molar-refractivity contribution in [3.05, 3.63) is 0 Å². The molecule has 0 aromatic rings. The summed E-state index contributed by atoms with van der Waals surface area (Å²) in [7, 11) is 0. The molecule has 0 bridgehead atoms. The average Bonchev–Trinajstić information content (AvgIpc) is 1.71. The molecule has 0 aromatic heterocycles. The van der Waals surface area contributed by atoms with Gasteiger partial charge in [-0.3, -0.25) is 0 Å². The van der Waals surface area contributed by atoms with Gasteiger partial charge in [0.25, 0.3) is 5.97 Å². The minimum atomic E-state index is -2.46. The van der Waals surface area contributed by atoms with Crippen LogP contribution in [0.3, 0.4) is 0 Å². The first-order valence-electron chi connectivity index (χ1n) is 2.73. The molecule has 0 aliphatic heterocycles. The van der Waals surface area contributed by atoms with Crippen molar-refractivity contribution >= 4 is 0 Å². The van der Waals surface area contributed by atoms with Gasteiger partial charge < -0.3 is 15.3 Å². The van der Waals surface area contributed by atoms with E-state index in [1.165, 1.54) is 6.92 Å². The third kappa shape index (κ3) is 16.9. The number of hydrogen-bond acceptors (Lipinski definition) is 3. The zero-order chi connectivity index (χ0) is 7.21. The Morgan fingerprint density at radius 3 is 1.25 bits per heavy atom. The molecule has 0 unspecified atom stereocenters. The molecule has 0 aliphatic carbocycles. The van der Waals surface area contributed by atoms with Crippen LogP contribution in [0.5, 0.6) is 0 Å². The molecular formula is C5H14O3. The third-order valence-electron chi connectivity index (χ3n) is 0.474. The topological polar surface area (TPSA) is 60.7 Å². The number of aliphatic hydroxyl groups is 3. The Morgan fingerprint density at radius 2 is 1.25 bits per heavy atom. The van der Waals surface area contributed by atoms with Gasteiger partial charge in [-0.15, -0.1) is 0 Å². The lowest BCUT2D eigenvalue weighted by atomic mass is 10.4. The van der Waals surface area contributed by atoms with Crippen molar-refractivity contribution in [1.82, 2.24) is 0 Å². The normalized spacial score (nSPS) is 9.75. The van der Waals surface area contributed by atoms with Crippen molar-refractivity contribution in [2.75, 3.05) is 0 Å². The fraction of sp³-hybridized carbons (Fsp3) is 1.00. The number of rotatable bonds is 1. The second kappa shape index (κ2) is 5.03. The Labute approximate surface area is 49.6 Å². The summed E-state index contributed by atoms with van der Waals surface area (Å²) < 4.78 is 0. The molecule has 8 heavy (non-hydrogen) atoms. The summed E-state index contributed by atoms with van der Waals surface area (Å²) in [6, 6.07) is 0. The summed E-state index contributed by atoms with van der Waals surface area (Å²) in [5.74, 6) is -2.46. The molecular weight excluding hydrogens is 108 g/mol. The first-order chi connectivity index (χ1) is 3.56. The van der Waals surface area contributed by atoms with Crippen LogP contribution in [0.1, 0.15) is 27.2 Å². The van der Waals surface area contributed by atoms with Crippen molar-refractivity contribution in [1.29, 1.82) is 0 Å². The second-order valence-electron chi connectivity index (χ2n) is 1.13. The molecule has 0 heterocycles. The first kappa shape index (κ1) is 10.8. The van der Waals surface area contributed by atoms with Crippen molar-refractivity contribution in [3.8, 4) is 0 Å². The molecule has 52 valence electrons. The molecule has 0 spiro atoms. The zero-order valence-corrected chi connectivity index (χ0v) is 5.55. The maximum Gasteiger partial charge on any atom is 0.274 e. The van der Waals surface area contributed by atoms with Crippen LogP contribution in [-0.2, 0) is 0 Å². The van der Waals surface area contributed by atoms with E-state index in [0.717, 1.165) is 0 Å². The Hall–Kier alpha value is -0.120. The lowest BCUT2D eigenvalue weighted by molar-refractivity contribution is -0.312. The molecule has 0 aliphatic rings. The molecule has 3 N–H and O–H groups in total. The van der Waals surface area contributed by atoms with Gasteiger partial charge >= 0.3 is 0 Å². The molecule has 3 nitrogen and oxygen atoms in total. The Morgan fingerprint density at radius 1 is 1.12 bits per heavy atom. The lowest BCUT2D eigenvalue weighted by Gasteiger charge is -2.08. The summed E-state index contributed by atoms with van der Waals surface area (Å²) >= 11 is 0. The Balaban J connectivity index is 0. The van der Waals surface area contributed by atoms with Crippen molar-refractivity contribution in [3.63, 3.8) is 0 Å². The minimum absolute atomic E-state index is 0.0625. The molecule has 0 fully saturated rings. The SMILES string of the molecule is CC.CCC(O)(O)O. The predicted molar refractivity (Wildman–Crippen MR) is 31.0 cm³/mol. The van der Waals surface area contributed by atoms with Gasteiger partial charge in [-0.25, -0.2) is 0 Å². The van der Waals surface area contributed by atoms with Gasteiger partial charge in [-0.05, 0) is 0 Å². The van der Waals surface area contributed by atoms with Gasteiger partial charge in [0.05, 0.1) is 0 Å². The van der Waals surface area contributed by atoms with Crippen LogP contribution in [0.15, 0.2) is 0 Å². The average molecular weight is 122 g/mol. The minimum Gasteiger partial charge on any atom is -0.344 e. The summed E-state index contributed by atoms with van der Waals surface area (Å²) in [5.41, 5.74) is 0. The Kier molecular flexibility index (Phi) is 6.78. The van der Waals surface area contributed by atoms with E-state index in [2.05, 4.69) is 0 Å². The second-order valence-corrected chi connectivity index (χ2v) is 1.13. The molecule has 0 saturated heterocycles. The molecule has 0 atom stereocenters. The summed E-state index contributed by atoms with van der Waals surface area (Å²) in [6.45, 7) is 5.46. The van der Waals surface area contributed by atoms with Gasteiger partial charge in [0.1, 0.15) is 0 Å². The highest BCUT2D eigenvalue weighted by atomic mass is 16.7. The highest BCUT2D eigenvalue weighted by molar-refractivity contribution is 4.35. The molecule has 0 rings (SSSR count). The molecule has 0 amide bonds. The van der Waals surface area contributed by atoms with Crippen LogP contribution >= 0.6 is 0 Å². The first-order valence-corrected chi connectivity index (χ1v) is 2.73. The van der Waals surface area contributed by atoms with E-state index in [0.29, 0.717) is 0 Å². The van der Waals surface area contributed by atoms with Gasteiger partial charge in [0.2, 0.25) is 0 Å².